The zero-order valence-corrected chi connectivity index (χ0v) is 23.1. The van der Waals surface area contributed by atoms with E-state index in [0.717, 1.165) is 9.87 Å². The molecule has 9 nitrogen and oxygen atoms in total. The second-order valence-corrected chi connectivity index (χ2v) is 10.5. The zero-order chi connectivity index (χ0) is 28.5. The van der Waals surface area contributed by atoms with Crippen LogP contribution in [0.1, 0.15) is 11.1 Å². The normalized spacial score (nSPS) is 11.2. The molecule has 0 bridgehead atoms. The first-order valence-electron chi connectivity index (χ1n) is 12.3. The molecule has 0 aliphatic rings. The van der Waals surface area contributed by atoms with E-state index in [9.17, 15) is 13.2 Å². The van der Waals surface area contributed by atoms with Crippen molar-refractivity contribution in [2.24, 2.45) is 5.10 Å². The second kappa shape index (κ2) is 12.8. The molecule has 0 saturated carbocycles. The Morgan fingerprint density at radius 1 is 0.850 bits per heavy atom. The lowest BCUT2D eigenvalue weighted by Crippen LogP contribution is -2.39. The zero-order valence-electron chi connectivity index (χ0n) is 22.3. The highest BCUT2D eigenvalue weighted by Crippen LogP contribution is 2.32. The molecule has 0 aliphatic heterocycles. The first-order valence-corrected chi connectivity index (χ1v) is 13.7. The van der Waals surface area contributed by atoms with Crippen molar-refractivity contribution < 1.29 is 27.4 Å². The number of anilines is 1. The fraction of sp³-hybridized carbons (Fsp3) is 0.133. The molecule has 1 amide bonds. The Morgan fingerprint density at radius 3 is 2.25 bits per heavy atom. The van der Waals surface area contributed by atoms with Crippen LogP contribution in [0, 0.1) is 6.92 Å². The van der Waals surface area contributed by atoms with E-state index >= 15 is 0 Å². The van der Waals surface area contributed by atoms with Crippen molar-refractivity contribution in [3.8, 4) is 23.0 Å². The molecule has 0 unspecified atom stereocenters. The van der Waals surface area contributed by atoms with Crippen LogP contribution in [0.5, 0.6) is 23.0 Å². The number of carbonyl (C=O) groups is 1. The number of nitrogens with zero attached hydrogens (tertiary/aromatic N) is 2. The van der Waals surface area contributed by atoms with Crippen molar-refractivity contribution in [1.82, 2.24) is 5.43 Å². The molecule has 0 saturated heterocycles. The van der Waals surface area contributed by atoms with Gasteiger partial charge in [0.05, 0.1) is 31.0 Å². The highest BCUT2D eigenvalue weighted by Gasteiger charge is 2.28. The summed E-state index contributed by atoms with van der Waals surface area (Å²) in [5, 5.41) is 4.02. The van der Waals surface area contributed by atoms with Gasteiger partial charge in [-0.1, -0.05) is 48.0 Å². The first-order chi connectivity index (χ1) is 19.3. The van der Waals surface area contributed by atoms with Gasteiger partial charge >= 0.3 is 0 Å². The van der Waals surface area contributed by atoms with E-state index in [1.165, 1.54) is 38.6 Å². The number of carbonyl (C=O) groups excluding carboxylic acids is 1. The van der Waals surface area contributed by atoms with Gasteiger partial charge in [-0.05, 0) is 61.0 Å². The third kappa shape index (κ3) is 6.97. The highest BCUT2D eigenvalue weighted by atomic mass is 32.2. The predicted octanol–water partition coefficient (Wildman–Crippen LogP) is 5.15. The number of amides is 1. The van der Waals surface area contributed by atoms with Gasteiger partial charge < -0.3 is 14.2 Å². The van der Waals surface area contributed by atoms with Crippen LogP contribution >= 0.6 is 0 Å². The predicted molar refractivity (Wildman–Crippen MR) is 154 cm³/mol. The minimum atomic E-state index is -4.16. The number of nitrogens with one attached hydrogen (secondary N) is 1. The maximum atomic E-state index is 13.7. The van der Waals surface area contributed by atoms with Gasteiger partial charge in [-0.25, -0.2) is 13.8 Å². The van der Waals surface area contributed by atoms with Gasteiger partial charge in [0, 0.05) is 6.07 Å². The number of sulfonamides is 1. The summed E-state index contributed by atoms with van der Waals surface area (Å²) < 4.78 is 44.7. The Balaban J connectivity index is 1.52. The van der Waals surface area contributed by atoms with Crippen LogP contribution in [-0.4, -0.2) is 41.3 Å². The molecule has 0 spiro atoms. The number of hydrazone groups is 1. The van der Waals surface area contributed by atoms with Crippen LogP contribution in [0.15, 0.2) is 107 Å². The maximum Gasteiger partial charge on any atom is 0.264 e. The summed E-state index contributed by atoms with van der Waals surface area (Å²) in [5.74, 6) is 1.30. The standard InChI is InChI=1S/C30H29N3O6S/c1-22-12-14-24(15-13-22)33(40(35,36)27-16-17-28(37-2)29(19-27)38-3)21-30(34)32-31-20-23-8-7-11-26(18-23)39-25-9-5-4-6-10-25/h4-20H,21H2,1-3H3,(H,32,34)/b31-20-. The SMILES string of the molecule is COc1ccc(S(=O)(=O)N(CC(=O)N/N=C\c2cccc(Oc3ccccc3)c2)c2ccc(C)cc2)cc1OC. The molecule has 10 heteroatoms. The second-order valence-electron chi connectivity index (χ2n) is 8.64. The number of aryl methyl sites for hydroxylation is 1. The number of methoxy groups -OCH3 is 2. The Morgan fingerprint density at radius 2 is 1.55 bits per heavy atom. The van der Waals surface area contributed by atoms with E-state index in [1.54, 1.807) is 48.5 Å². The lowest BCUT2D eigenvalue weighted by molar-refractivity contribution is -0.119. The number of para-hydroxylation sites is 1. The number of hydrogen-bond acceptors (Lipinski definition) is 7. The summed E-state index contributed by atoms with van der Waals surface area (Å²) in [4.78, 5) is 12.8. The summed E-state index contributed by atoms with van der Waals surface area (Å²) in [7, 11) is -1.29. The van der Waals surface area contributed by atoms with Gasteiger partial charge in [0.15, 0.2) is 11.5 Å². The third-order valence-electron chi connectivity index (χ3n) is 5.79. The largest absolute Gasteiger partial charge is 0.493 e. The molecule has 40 heavy (non-hydrogen) atoms. The van der Waals surface area contributed by atoms with Gasteiger partial charge in [-0.15, -0.1) is 0 Å². The Kier molecular flexibility index (Phi) is 9.03. The molecule has 0 atom stereocenters. The number of rotatable bonds is 11. The summed E-state index contributed by atoms with van der Waals surface area (Å²) in [6.07, 6.45) is 1.45. The fourth-order valence-corrected chi connectivity index (χ4v) is 5.19. The van der Waals surface area contributed by atoms with E-state index < -0.39 is 22.5 Å². The Bertz CT molecular complexity index is 1590. The topological polar surface area (TPSA) is 107 Å². The van der Waals surface area contributed by atoms with Crippen LogP contribution in [0.4, 0.5) is 5.69 Å². The summed E-state index contributed by atoms with van der Waals surface area (Å²) in [6, 6.07) is 27.6. The lowest BCUT2D eigenvalue weighted by atomic mass is 10.2. The fourth-order valence-electron chi connectivity index (χ4n) is 3.76. The molecule has 0 fully saturated rings. The van der Waals surface area contributed by atoms with E-state index in [0.29, 0.717) is 28.5 Å². The van der Waals surface area contributed by atoms with Crippen LogP contribution in [-0.2, 0) is 14.8 Å². The molecule has 4 rings (SSSR count). The third-order valence-corrected chi connectivity index (χ3v) is 7.56. The van der Waals surface area contributed by atoms with Crippen molar-refractivity contribution >= 4 is 27.8 Å². The number of benzene rings is 4. The van der Waals surface area contributed by atoms with Gasteiger partial charge in [0.2, 0.25) is 0 Å². The van der Waals surface area contributed by atoms with Crippen molar-refractivity contribution in [2.75, 3.05) is 25.1 Å². The van der Waals surface area contributed by atoms with E-state index in [4.69, 9.17) is 14.2 Å². The first kappa shape index (κ1) is 28.2. The minimum Gasteiger partial charge on any atom is -0.493 e. The average Bonchev–Trinajstić information content (AvgIpc) is 2.96. The molecule has 4 aromatic carbocycles. The van der Waals surface area contributed by atoms with Crippen LogP contribution in [0.25, 0.3) is 0 Å². The Labute approximate surface area is 233 Å². The van der Waals surface area contributed by atoms with E-state index in [1.807, 2.05) is 37.3 Å². The van der Waals surface area contributed by atoms with Crippen molar-refractivity contribution in [2.45, 2.75) is 11.8 Å². The Hall–Kier alpha value is -4.83. The molecule has 0 aromatic heterocycles. The van der Waals surface area contributed by atoms with Crippen molar-refractivity contribution in [3.05, 3.63) is 108 Å². The molecule has 0 aliphatic carbocycles. The smallest absolute Gasteiger partial charge is 0.264 e. The average molecular weight is 560 g/mol. The molecule has 4 aromatic rings. The van der Waals surface area contributed by atoms with Crippen molar-refractivity contribution in [3.63, 3.8) is 0 Å². The quantitative estimate of drug-likeness (QED) is 0.201. The van der Waals surface area contributed by atoms with Gasteiger partial charge in [-0.3, -0.25) is 9.10 Å². The highest BCUT2D eigenvalue weighted by molar-refractivity contribution is 7.92. The number of hydrogen-bond donors (Lipinski definition) is 1. The molecule has 206 valence electrons. The minimum absolute atomic E-state index is 0.0581. The molecule has 0 radical (unpaired) electrons. The van der Waals surface area contributed by atoms with E-state index in [2.05, 4.69) is 10.5 Å². The number of ether oxygens (including phenoxy) is 3. The summed E-state index contributed by atoms with van der Waals surface area (Å²) in [5.41, 5.74) is 4.37. The summed E-state index contributed by atoms with van der Waals surface area (Å²) in [6.45, 7) is 1.38. The van der Waals surface area contributed by atoms with Crippen LogP contribution in [0.3, 0.4) is 0 Å². The van der Waals surface area contributed by atoms with Crippen LogP contribution in [0.2, 0.25) is 0 Å². The van der Waals surface area contributed by atoms with E-state index in [-0.39, 0.29) is 10.6 Å². The maximum absolute atomic E-state index is 13.7. The molecular weight excluding hydrogens is 530 g/mol. The van der Waals surface area contributed by atoms with Gasteiger partial charge in [0.25, 0.3) is 15.9 Å². The molecule has 0 heterocycles. The van der Waals surface area contributed by atoms with Crippen LogP contribution < -0.4 is 23.9 Å². The molecule has 1 N–H and O–H groups in total. The molecular formula is C30H29N3O6S. The van der Waals surface area contributed by atoms with Crippen molar-refractivity contribution in [1.29, 1.82) is 0 Å². The monoisotopic (exact) mass is 559 g/mol. The van der Waals surface area contributed by atoms with Gasteiger partial charge in [0.1, 0.15) is 18.0 Å². The van der Waals surface area contributed by atoms with Gasteiger partial charge in [-0.2, -0.15) is 5.10 Å². The summed E-state index contributed by atoms with van der Waals surface area (Å²) >= 11 is 0. The lowest BCUT2D eigenvalue weighted by Gasteiger charge is -2.24.